The van der Waals surface area contributed by atoms with Crippen LogP contribution in [0.4, 0.5) is 0 Å². The molecule has 0 atom stereocenters. The molecule has 0 saturated carbocycles. The second-order valence-corrected chi connectivity index (χ2v) is 7.32. The lowest BCUT2D eigenvalue weighted by Gasteiger charge is -2.08. The van der Waals surface area contributed by atoms with E-state index in [1.165, 1.54) is 11.1 Å². The molecular formula is C25H25N3O2. The summed E-state index contributed by atoms with van der Waals surface area (Å²) in [6, 6.07) is 21.9. The van der Waals surface area contributed by atoms with Crippen molar-refractivity contribution in [3.05, 3.63) is 95.2 Å². The van der Waals surface area contributed by atoms with Crippen molar-refractivity contribution in [2.75, 3.05) is 6.61 Å². The molecule has 5 heteroatoms. The molecule has 30 heavy (non-hydrogen) atoms. The number of ether oxygens (including phenoxy) is 1. The van der Waals surface area contributed by atoms with Gasteiger partial charge in [0.05, 0.1) is 24.9 Å². The highest BCUT2D eigenvalue weighted by atomic mass is 16.5. The average molecular weight is 399 g/mol. The number of hydrogen-bond donors (Lipinski definition) is 1. The second kappa shape index (κ2) is 8.82. The monoisotopic (exact) mass is 399 g/mol. The van der Waals surface area contributed by atoms with Crippen LogP contribution in [0.3, 0.4) is 0 Å². The van der Waals surface area contributed by atoms with Crippen LogP contribution >= 0.6 is 0 Å². The van der Waals surface area contributed by atoms with Crippen LogP contribution in [0.2, 0.25) is 0 Å². The Balaban J connectivity index is 1.46. The van der Waals surface area contributed by atoms with Gasteiger partial charge in [-0.1, -0.05) is 48.0 Å². The van der Waals surface area contributed by atoms with Gasteiger partial charge in [0.15, 0.2) is 0 Å². The molecule has 1 N–H and O–H groups in total. The summed E-state index contributed by atoms with van der Waals surface area (Å²) >= 11 is 0. The number of fused-ring (bicyclic) bond motifs is 1. The van der Waals surface area contributed by atoms with Crippen LogP contribution in [0.1, 0.15) is 34.0 Å². The van der Waals surface area contributed by atoms with Gasteiger partial charge in [-0.3, -0.25) is 9.48 Å². The molecule has 0 unspecified atom stereocenters. The van der Waals surface area contributed by atoms with Crippen molar-refractivity contribution in [2.45, 2.75) is 26.9 Å². The van der Waals surface area contributed by atoms with Gasteiger partial charge in [-0.25, -0.2) is 0 Å². The maximum Gasteiger partial charge on any atom is 0.251 e. The molecule has 0 aliphatic rings. The summed E-state index contributed by atoms with van der Waals surface area (Å²) in [6.45, 7) is 5.80. The lowest BCUT2D eigenvalue weighted by molar-refractivity contribution is 0.0951. The molecule has 0 fully saturated rings. The fourth-order valence-electron chi connectivity index (χ4n) is 3.36. The van der Waals surface area contributed by atoms with E-state index in [4.69, 9.17) is 4.74 Å². The molecule has 1 aromatic heterocycles. The van der Waals surface area contributed by atoms with Gasteiger partial charge in [-0.05, 0) is 49.2 Å². The fraction of sp³-hybridized carbons (Fsp3) is 0.200. The minimum Gasteiger partial charge on any atom is -0.494 e. The standard InChI is InChI=1S/C25H25N3O2/c1-3-30-23-12-8-19(9-13-23)15-26-25(29)21-10-11-22-16-27-28(24(22)14-21)17-20-6-4-18(2)5-7-20/h4-14,16H,3,15,17H2,1-2H3,(H,26,29). The smallest absolute Gasteiger partial charge is 0.251 e. The lowest BCUT2D eigenvalue weighted by Crippen LogP contribution is -2.22. The van der Waals surface area contributed by atoms with Crippen molar-refractivity contribution >= 4 is 16.8 Å². The fourth-order valence-corrected chi connectivity index (χ4v) is 3.36. The van der Waals surface area contributed by atoms with E-state index >= 15 is 0 Å². The van der Waals surface area contributed by atoms with E-state index in [2.05, 4.69) is 41.6 Å². The Labute approximate surface area is 176 Å². The Morgan fingerprint density at radius 3 is 2.47 bits per heavy atom. The molecule has 0 aliphatic heterocycles. The first-order chi connectivity index (χ1) is 14.6. The van der Waals surface area contributed by atoms with Gasteiger partial charge in [0.2, 0.25) is 0 Å². The number of nitrogens with zero attached hydrogens (tertiary/aromatic N) is 2. The van der Waals surface area contributed by atoms with E-state index in [0.29, 0.717) is 25.3 Å². The number of aromatic nitrogens is 2. The average Bonchev–Trinajstić information content (AvgIpc) is 3.17. The largest absolute Gasteiger partial charge is 0.494 e. The molecule has 0 aliphatic carbocycles. The number of aryl methyl sites for hydroxylation is 1. The summed E-state index contributed by atoms with van der Waals surface area (Å²) in [5.41, 5.74) is 5.01. The molecular weight excluding hydrogens is 374 g/mol. The number of hydrogen-bond acceptors (Lipinski definition) is 3. The van der Waals surface area contributed by atoms with E-state index in [1.807, 2.05) is 60.3 Å². The van der Waals surface area contributed by atoms with E-state index in [1.54, 1.807) is 0 Å². The number of amides is 1. The molecule has 0 saturated heterocycles. The first-order valence-electron chi connectivity index (χ1n) is 10.1. The van der Waals surface area contributed by atoms with Crippen molar-refractivity contribution in [3.63, 3.8) is 0 Å². The van der Waals surface area contributed by atoms with Crippen LogP contribution in [-0.2, 0) is 13.1 Å². The first kappa shape index (κ1) is 19.7. The number of benzene rings is 3. The van der Waals surface area contributed by atoms with Crippen LogP contribution in [0.25, 0.3) is 10.9 Å². The second-order valence-electron chi connectivity index (χ2n) is 7.32. The molecule has 0 spiro atoms. The maximum atomic E-state index is 12.7. The number of nitrogens with one attached hydrogen (secondary N) is 1. The Bertz CT molecular complexity index is 1150. The topological polar surface area (TPSA) is 56.1 Å². The predicted octanol–water partition coefficient (Wildman–Crippen LogP) is 4.72. The summed E-state index contributed by atoms with van der Waals surface area (Å²) < 4.78 is 7.39. The molecule has 0 radical (unpaired) electrons. The Hall–Kier alpha value is -3.60. The third kappa shape index (κ3) is 4.51. The number of carbonyl (C=O) groups excluding carboxylic acids is 1. The molecule has 1 amide bonds. The van der Waals surface area contributed by atoms with Gasteiger partial charge < -0.3 is 10.1 Å². The zero-order chi connectivity index (χ0) is 20.9. The van der Waals surface area contributed by atoms with Crippen molar-refractivity contribution in [1.29, 1.82) is 0 Å². The van der Waals surface area contributed by atoms with Crippen molar-refractivity contribution < 1.29 is 9.53 Å². The summed E-state index contributed by atoms with van der Waals surface area (Å²) in [7, 11) is 0. The van der Waals surface area contributed by atoms with Crippen LogP contribution in [0.15, 0.2) is 72.9 Å². The van der Waals surface area contributed by atoms with Gasteiger partial charge in [0, 0.05) is 17.5 Å². The van der Waals surface area contributed by atoms with E-state index < -0.39 is 0 Å². The Morgan fingerprint density at radius 1 is 1.00 bits per heavy atom. The molecule has 4 aromatic rings. The molecule has 5 nitrogen and oxygen atoms in total. The molecule has 3 aromatic carbocycles. The third-order valence-corrected chi connectivity index (χ3v) is 5.05. The van der Waals surface area contributed by atoms with E-state index in [0.717, 1.165) is 22.2 Å². The highest BCUT2D eigenvalue weighted by Crippen LogP contribution is 2.18. The molecule has 1 heterocycles. The predicted molar refractivity (Wildman–Crippen MR) is 119 cm³/mol. The van der Waals surface area contributed by atoms with Gasteiger partial charge in [-0.2, -0.15) is 5.10 Å². The highest BCUT2D eigenvalue weighted by Gasteiger charge is 2.10. The lowest BCUT2D eigenvalue weighted by atomic mass is 10.1. The number of rotatable bonds is 7. The molecule has 0 bridgehead atoms. The van der Waals surface area contributed by atoms with Crippen molar-refractivity contribution in [2.24, 2.45) is 0 Å². The van der Waals surface area contributed by atoms with E-state index in [-0.39, 0.29) is 5.91 Å². The SMILES string of the molecule is CCOc1ccc(CNC(=O)c2ccc3cnn(Cc4ccc(C)cc4)c3c2)cc1. The van der Waals surface area contributed by atoms with Crippen molar-refractivity contribution in [1.82, 2.24) is 15.1 Å². The molecule has 4 rings (SSSR count). The summed E-state index contributed by atoms with van der Waals surface area (Å²) in [4.78, 5) is 12.7. The van der Waals surface area contributed by atoms with Gasteiger partial charge in [-0.15, -0.1) is 0 Å². The Kier molecular flexibility index (Phi) is 5.80. The van der Waals surface area contributed by atoms with Crippen LogP contribution < -0.4 is 10.1 Å². The quantitative estimate of drug-likeness (QED) is 0.489. The zero-order valence-electron chi connectivity index (χ0n) is 17.3. The number of carbonyl (C=O) groups is 1. The van der Waals surface area contributed by atoms with Crippen LogP contribution in [0, 0.1) is 6.92 Å². The molecule has 152 valence electrons. The summed E-state index contributed by atoms with van der Waals surface area (Å²) in [5.74, 6) is 0.730. The summed E-state index contributed by atoms with van der Waals surface area (Å²) in [5, 5.41) is 8.51. The highest BCUT2D eigenvalue weighted by molar-refractivity contribution is 5.97. The Morgan fingerprint density at radius 2 is 1.73 bits per heavy atom. The van der Waals surface area contributed by atoms with Crippen molar-refractivity contribution in [3.8, 4) is 5.75 Å². The zero-order valence-corrected chi connectivity index (χ0v) is 17.3. The van der Waals surface area contributed by atoms with Gasteiger partial charge in [0.1, 0.15) is 5.75 Å². The minimum atomic E-state index is -0.103. The van der Waals surface area contributed by atoms with Gasteiger partial charge >= 0.3 is 0 Å². The summed E-state index contributed by atoms with van der Waals surface area (Å²) in [6.07, 6.45) is 1.84. The van der Waals surface area contributed by atoms with Crippen LogP contribution in [-0.4, -0.2) is 22.3 Å². The third-order valence-electron chi connectivity index (χ3n) is 5.05. The normalized spacial score (nSPS) is 10.9. The minimum absolute atomic E-state index is 0.103. The van der Waals surface area contributed by atoms with Gasteiger partial charge in [0.25, 0.3) is 5.91 Å². The maximum absolute atomic E-state index is 12.7. The van der Waals surface area contributed by atoms with E-state index in [9.17, 15) is 4.79 Å². The van der Waals surface area contributed by atoms with Crippen LogP contribution in [0.5, 0.6) is 5.75 Å². The first-order valence-corrected chi connectivity index (χ1v) is 10.1.